The van der Waals surface area contributed by atoms with Crippen LogP contribution in [0.2, 0.25) is 0 Å². The molecule has 0 saturated heterocycles. The number of carbonyl (C=O) groups excluding carboxylic acids is 2. The first-order valence-electron chi connectivity index (χ1n) is 8.33. The highest BCUT2D eigenvalue weighted by molar-refractivity contribution is 9.10. The minimum Gasteiger partial charge on any atom is -0.493 e. The maximum atomic E-state index is 12.3. The fourth-order valence-corrected chi connectivity index (χ4v) is 3.85. The summed E-state index contributed by atoms with van der Waals surface area (Å²) < 4.78 is 13.7. The van der Waals surface area contributed by atoms with Gasteiger partial charge in [-0.3, -0.25) is 19.3 Å². The maximum absolute atomic E-state index is 12.3. The van der Waals surface area contributed by atoms with Gasteiger partial charge in [-0.15, -0.1) is 0 Å². The molecular weight excluding hydrogens is 464 g/mol. The molecule has 152 valence electrons. The molecular formula is C18H17BrN4O5S. The number of benzene rings is 2. The summed E-state index contributed by atoms with van der Waals surface area (Å²) in [5, 5.41) is 5.26. The molecule has 2 amide bonds. The van der Waals surface area contributed by atoms with E-state index < -0.39 is 5.76 Å². The third kappa shape index (κ3) is 5.00. The van der Waals surface area contributed by atoms with Gasteiger partial charge in [0.2, 0.25) is 5.91 Å². The number of hydrogen-bond donors (Lipinski definition) is 4. The molecule has 1 heterocycles. The molecule has 0 aliphatic heterocycles. The summed E-state index contributed by atoms with van der Waals surface area (Å²) in [6.45, 7) is -0.00438. The van der Waals surface area contributed by atoms with Crippen LogP contribution in [-0.4, -0.2) is 37.5 Å². The molecule has 3 aromatic rings. The molecule has 0 radical (unpaired) electrons. The minimum absolute atomic E-state index is 0.00438. The van der Waals surface area contributed by atoms with Crippen LogP contribution < -0.4 is 25.8 Å². The zero-order chi connectivity index (χ0) is 21.0. The minimum atomic E-state index is -0.520. The lowest BCUT2D eigenvalue weighted by Crippen LogP contribution is -2.24. The number of amides is 2. The van der Waals surface area contributed by atoms with Crippen LogP contribution in [0.1, 0.15) is 10.4 Å². The van der Waals surface area contributed by atoms with Crippen molar-refractivity contribution >= 4 is 56.5 Å². The average Bonchev–Trinajstić information content (AvgIpc) is 3.06. The second-order valence-electron chi connectivity index (χ2n) is 5.76. The Balaban J connectivity index is 1.64. The van der Waals surface area contributed by atoms with Gasteiger partial charge in [-0.05, 0) is 58.2 Å². The van der Waals surface area contributed by atoms with E-state index in [1.807, 2.05) is 0 Å². The van der Waals surface area contributed by atoms with E-state index in [0.717, 1.165) is 4.90 Å². The summed E-state index contributed by atoms with van der Waals surface area (Å²) >= 11 is 4.57. The molecule has 0 spiro atoms. The number of oxazole rings is 1. The fourth-order valence-electron chi connectivity index (χ4n) is 2.54. The van der Waals surface area contributed by atoms with E-state index in [1.165, 1.54) is 32.2 Å². The standard InChI is InChI=1S/C18H17BrN4O5S/c1-20-17(25)9-5-11(19)16(27-2)13(6-9)22-15(24)8-21-29-10-3-4-14-12(7-10)23-18(26)28-14/h3-7,21H,8H2,1-2H3,(H,20,25)(H,22,24)(H,23,26). The van der Waals surface area contributed by atoms with Crippen molar-refractivity contribution in [3.8, 4) is 5.75 Å². The lowest BCUT2D eigenvalue weighted by atomic mass is 10.1. The molecule has 0 fully saturated rings. The SMILES string of the molecule is CNC(=O)c1cc(Br)c(OC)c(NC(=O)CNSc2ccc3oc(=O)[nH]c3c2)c1. The summed E-state index contributed by atoms with van der Waals surface area (Å²) in [6, 6.07) is 8.32. The average molecular weight is 481 g/mol. The summed E-state index contributed by atoms with van der Waals surface area (Å²) in [4.78, 5) is 38.8. The molecule has 11 heteroatoms. The number of halogens is 1. The highest BCUT2D eigenvalue weighted by atomic mass is 79.9. The van der Waals surface area contributed by atoms with Gasteiger partial charge in [0.1, 0.15) is 0 Å². The van der Waals surface area contributed by atoms with Crippen LogP contribution in [0.3, 0.4) is 0 Å². The Bertz CT molecular complexity index is 1130. The largest absolute Gasteiger partial charge is 0.493 e. The van der Waals surface area contributed by atoms with Gasteiger partial charge in [-0.1, -0.05) is 0 Å². The number of carbonyl (C=O) groups is 2. The number of ether oxygens (including phenoxy) is 1. The number of anilines is 1. The summed E-state index contributed by atoms with van der Waals surface area (Å²) in [5.74, 6) is -0.721. The number of rotatable bonds is 7. The first-order chi connectivity index (χ1) is 13.9. The first kappa shape index (κ1) is 21.0. The summed E-state index contributed by atoms with van der Waals surface area (Å²) in [5.41, 5.74) is 1.78. The molecule has 1 aromatic heterocycles. The predicted octanol–water partition coefficient (Wildman–Crippen LogP) is 2.49. The smallest absolute Gasteiger partial charge is 0.417 e. The van der Waals surface area contributed by atoms with Gasteiger partial charge in [-0.25, -0.2) is 4.79 Å². The number of H-pyrrole nitrogens is 1. The van der Waals surface area contributed by atoms with Gasteiger partial charge in [0.25, 0.3) is 5.91 Å². The third-order valence-corrected chi connectivity index (χ3v) is 5.19. The highest BCUT2D eigenvalue weighted by Crippen LogP contribution is 2.34. The van der Waals surface area contributed by atoms with Gasteiger partial charge < -0.3 is 19.8 Å². The molecule has 0 aliphatic carbocycles. The molecule has 0 saturated carbocycles. The first-order valence-corrected chi connectivity index (χ1v) is 9.94. The topological polar surface area (TPSA) is 125 Å². The van der Waals surface area contributed by atoms with Crippen LogP contribution >= 0.6 is 27.9 Å². The lowest BCUT2D eigenvalue weighted by molar-refractivity contribution is -0.115. The molecule has 0 aliphatic rings. The number of fused-ring (bicyclic) bond motifs is 1. The van der Waals surface area contributed by atoms with Gasteiger partial charge >= 0.3 is 5.76 Å². The number of hydrogen-bond acceptors (Lipinski definition) is 7. The van der Waals surface area contributed by atoms with Crippen molar-refractivity contribution < 1.29 is 18.7 Å². The van der Waals surface area contributed by atoms with Crippen LogP contribution in [0.5, 0.6) is 5.75 Å². The fraction of sp³-hybridized carbons (Fsp3) is 0.167. The molecule has 2 aromatic carbocycles. The van der Waals surface area contributed by atoms with E-state index in [4.69, 9.17) is 9.15 Å². The highest BCUT2D eigenvalue weighted by Gasteiger charge is 2.15. The molecule has 29 heavy (non-hydrogen) atoms. The maximum Gasteiger partial charge on any atom is 0.417 e. The Kier molecular flexibility index (Phi) is 6.62. The lowest BCUT2D eigenvalue weighted by Gasteiger charge is -2.14. The van der Waals surface area contributed by atoms with Crippen LogP contribution in [0, 0.1) is 0 Å². The van der Waals surface area contributed by atoms with Crippen LogP contribution in [0.4, 0.5) is 5.69 Å². The Morgan fingerprint density at radius 1 is 1.28 bits per heavy atom. The van der Waals surface area contributed by atoms with Gasteiger partial charge in [0, 0.05) is 17.5 Å². The molecule has 9 nitrogen and oxygen atoms in total. The van der Waals surface area contributed by atoms with E-state index in [-0.39, 0.29) is 18.4 Å². The van der Waals surface area contributed by atoms with Crippen molar-refractivity contribution in [2.24, 2.45) is 0 Å². The van der Waals surface area contributed by atoms with Gasteiger partial charge in [-0.2, -0.15) is 0 Å². The Labute approximate surface area is 177 Å². The Hall–Kier alpha value is -2.76. The van der Waals surface area contributed by atoms with E-state index in [0.29, 0.717) is 32.6 Å². The van der Waals surface area contributed by atoms with Crippen molar-refractivity contribution in [1.29, 1.82) is 0 Å². The number of aromatic amines is 1. The van der Waals surface area contributed by atoms with Crippen molar-refractivity contribution in [2.75, 3.05) is 26.0 Å². The van der Waals surface area contributed by atoms with Gasteiger partial charge in [0.05, 0.1) is 29.3 Å². The summed E-state index contributed by atoms with van der Waals surface area (Å²) in [6.07, 6.45) is 0. The van der Waals surface area contributed by atoms with Crippen molar-refractivity contribution in [1.82, 2.24) is 15.0 Å². The normalized spacial score (nSPS) is 10.7. The number of nitrogens with one attached hydrogen (secondary N) is 4. The monoisotopic (exact) mass is 480 g/mol. The quantitative estimate of drug-likeness (QED) is 0.382. The van der Waals surface area contributed by atoms with E-state index in [9.17, 15) is 14.4 Å². The zero-order valence-corrected chi connectivity index (χ0v) is 17.8. The van der Waals surface area contributed by atoms with Crippen molar-refractivity contribution in [3.63, 3.8) is 0 Å². The van der Waals surface area contributed by atoms with Crippen LogP contribution in [0.15, 0.2) is 48.9 Å². The third-order valence-electron chi connectivity index (χ3n) is 3.82. The van der Waals surface area contributed by atoms with Crippen LogP contribution in [0.25, 0.3) is 11.1 Å². The molecule has 0 atom stereocenters. The van der Waals surface area contributed by atoms with Gasteiger partial charge in [0.15, 0.2) is 11.3 Å². The molecule has 3 rings (SSSR count). The second kappa shape index (κ2) is 9.16. The molecule has 0 unspecified atom stereocenters. The Morgan fingerprint density at radius 3 is 2.79 bits per heavy atom. The second-order valence-corrected chi connectivity index (χ2v) is 7.58. The van der Waals surface area contributed by atoms with Crippen molar-refractivity contribution in [3.05, 3.63) is 50.9 Å². The van der Waals surface area contributed by atoms with E-state index in [1.54, 1.807) is 24.3 Å². The Morgan fingerprint density at radius 2 is 2.07 bits per heavy atom. The predicted molar refractivity (Wildman–Crippen MR) is 113 cm³/mol. The molecule has 0 bridgehead atoms. The van der Waals surface area contributed by atoms with E-state index in [2.05, 4.69) is 36.3 Å². The molecule has 4 N–H and O–H groups in total. The zero-order valence-electron chi connectivity index (χ0n) is 15.4. The van der Waals surface area contributed by atoms with E-state index >= 15 is 0 Å². The summed E-state index contributed by atoms with van der Waals surface area (Å²) in [7, 11) is 3.00. The van der Waals surface area contributed by atoms with Crippen molar-refractivity contribution in [2.45, 2.75) is 4.90 Å². The van der Waals surface area contributed by atoms with Crippen LogP contribution in [-0.2, 0) is 4.79 Å². The number of aromatic nitrogens is 1. The number of methoxy groups -OCH3 is 1.